The zero-order valence-corrected chi connectivity index (χ0v) is 11.7. The Labute approximate surface area is 112 Å². The number of ether oxygens (including phenoxy) is 2. The van der Waals surface area contributed by atoms with Gasteiger partial charge in [0.05, 0.1) is 18.1 Å². The zero-order chi connectivity index (χ0) is 14.5. The van der Waals surface area contributed by atoms with Gasteiger partial charge in [-0.2, -0.15) is 0 Å². The van der Waals surface area contributed by atoms with Crippen molar-refractivity contribution < 1.29 is 14.4 Å². The first kappa shape index (κ1) is 15.2. The van der Waals surface area contributed by atoms with Crippen LogP contribution in [0.2, 0.25) is 0 Å². The molecule has 0 aliphatic heterocycles. The van der Waals surface area contributed by atoms with Crippen molar-refractivity contribution in [3.8, 4) is 11.5 Å². The molecule has 0 unspecified atom stereocenters. The van der Waals surface area contributed by atoms with E-state index in [1.807, 2.05) is 20.8 Å². The van der Waals surface area contributed by atoms with Gasteiger partial charge in [-0.15, -0.1) is 0 Å². The van der Waals surface area contributed by atoms with Crippen LogP contribution < -0.4 is 14.8 Å². The first-order valence-corrected chi connectivity index (χ1v) is 6.04. The van der Waals surface area contributed by atoms with Crippen LogP contribution in [-0.2, 0) is 0 Å². The SMILES string of the molecule is COc1ccc(OCCNC(C)(C)C)c([N+](=O)[O-])c1. The molecule has 0 aromatic heterocycles. The van der Waals surface area contributed by atoms with E-state index >= 15 is 0 Å². The Hall–Kier alpha value is -1.82. The summed E-state index contributed by atoms with van der Waals surface area (Å²) >= 11 is 0. The van der Waals surface area contributed by atoms with Gasteiger partial charge in [0.1, 0.15) is 12.4 Å². The van der Waals surface area contributed by atoms with Crippen LogP contribution in [0.4, 0.5) is 5.69 Å². The largest absolute Gasteiger partial charge is 0.496 e. The summed E-state index contributed by atoms with van der Waals surface area (Å²) in [5, 5.41) is 14.2. The second kappa shape index (κ2) is 6.38. The average molecular weight is 268 g/mol. The summed E-state index contributed by atoms with van der Waals surface area (Å²) in [7, 11) is 1.47. The minimum Gasteiger partial charge on any atom is -0.496 e. The number of nitro benzene ring substituents is 1. The molecule has 0 heterocycles. The highest BCUT2D eigenvalue weighted by Crippen LogP contribution is 2.30. The number of benzene rings is 1. The zero-order valence-electron chi connectivity index (χ0n) is 11.7. The van der Waals surface area contributed by atoms with E-state index in [0.29, 0.717) is 18.9 Å². The lowest BCUT2D eigenvalue weighted by atomic mass is 10.1. The first-order chi connectivity index (χ1) is 8.83. The highest BCUT2D eigenvalue weighted by atomic mass is 16.6. The molecule has 106 valence electrons. The lowest BCUT2D eigenvalue weighted by molar-refractivity contribution is -0.385. The van der Waals surface area contributed by atoms with E-state index in [-0.39, 0.29) is 17.0 Å². The second-order valence-corrected chi connectivity index (χ2v) is 5.12. The summed E-state index contributed by atoms with van der Waals surface area (Å²) in [4.78, 5) is 10.5. The smallest absolute Gasteiger partial charge is 0.314 e. The molecule has 1 aromatic rings. The number of nitrogens with zero attached hydrogens (tertiary/aromatic N) is 1. The normalized spacial score (nSPS) is 11.2. The van der Waals surface area contributed by atoms with Gasteiger partial charge in [-0.05, 0) is 32.9 Å². The second-order valence-electron chi connectivity index (χ2n) is 5.12. The molecule has 0 aliphatic carbocycles. The van der Waals surface area contributed by atoms with E-state index in [1.165, 1.54) is 13.2 Å². The van der Waals surface area contributed by atoms with Gasteiger partial charge in [0.2, 0.25) is 0 Å². The number of hydrogen-bond donors (Lipinski definition) is 1. The van der Waals surface area contributed by atoms with Crippen LogP contribution in [-0.4, -0.2) is 30.7 Å². The van der Waals surface area contributed by atoms with E-state index in [2.05, 4.69) is 5.32 Å². The van der Waals surface area contributed by atoms with Gasteiger partial charge < -0.3 is 14.8 Å². The highest BCUT2D eigenvalue weighted by molar-refractivity contribution is 5.50. The Morgan fingerprint density at radius 2 is 2.05 bits per heavy atom. The van der Waals surface area contributed by atoms with Crippen molar-refractivity contribution in [2.45, 2.75) is 26.3 Å². The monoisotopic (exact) mass is 268 g/mol. The van der Waals surface area contributed by atoms with Crippen LogP contribution in [0.5, 0.6) is 11.5 Å². The molecule has 19 heavy (non-hydrogen) atoms. The van der Waals surface area contributed by atoms with E-state index in [1.54, 1.807) is 12.1 Å². The van der Waals surface area contributed by atoms with Gasteiger partial charge in [0.25, 0.3) is 0 Å². The van der Waals surface area contributed by atoms with Crippen LogP contribution in [0.25, 0.3) is 0 Å². The minimum atomic E-state index is -0.477. The number of rotatable bonds is 6. The average Bonchev–Trinajstić information content (AvgIpc) is 2.33. The Morgan fingerprint density at radius 1 is 1.37 bits per heavy atom. The van der Waals surface area contributed by atoms with E-state index < -0.39 is 4.92 Å². The lowest BCUT2D eigenvalue weighted by Gasteiger charge is -2.20. The summed E-state index contributed by atoms with van der Waals surface area (Å²) < 4.78 is 10.4. The third-order valence-corrected chi connectivity index (χ3v) is 2.38. The van der Waals surface area contributed by atoms with Crippen molar-refractivity contribution in [3.63, 3.8) is 0 Å². The van der Waals surface area contributed by atoms with Crippen LogP contribution >= 0.6 is 0 Å². The van der Waals surface area contributed by atoms with E-state index in [9.17, 15) is 10.1 Å². The molecule has 6 nitrogen and oxygen atoms in total. The van der Waals surface area contributed by atoms with Gasteiger partial charge >= 0.3 is 5.69 Å². The Morgan fingerprint density at radius 3 is 2.58 bits per heavy atom. The molecule has 1 N–H and O–H groups in total. The lowest BCUT2D eigenvalue weighted by Crippen LogP contribution is -2.38. The fourth-order valence-corrected chi connectivity index (χ4v) is 1.48. The molecule has 0 bridgehead atoms. The first-order valence-electron chi connectivity index (χ1n) is 6.04. The molecule has 1 rings (SSSR count). The molecule has 0 saturated carbocycles. The molecule has 0 radical (unpaired) electrons. The maximum absolute atomic E-state index is 10.9. The fraction of sp³-hybridized carbons (Fsp3) is 0.538. The predicted molar refractivity (Wildman–Crippen MR) is 72.9 cm³/mol. The third-order valence-electron chi connectivity index (χ3n) is 2.38. The quantitative estimate of drug-likeness (QED) is 0.487. The summed E-state index contributed by atoms with van der Waals surface area (Å²) in [6.45, 7) is 7.12. The maximum atomic E-state index is 10.9. The molecule has 0 amide bonds. The van der Waals surface area contributed by atoms with Crippen LogP contribution in [0.1, 0.15) is 20.8 Å². The van der Waals surface area contributed by atoms with Crippen LogP contribution in [0.15, 0.2) is 18.2 Å². The van der Waals surface area contributed by atoms with Gasteiger partial charge in [-0.25, -0.2) is 0 Å². The van der Waals surface area contributed by atoms with Crippen molar-refractivity contribution in [2.75, 3.05) is 20.3 Å². The standard InChI is InChI=1S/C13H20N2O4/c1-13(2,3)14-7-8-19-12-6-5-10(18-4)9-11(12)15(16)17/h5-6,9,14H,7-8H2,1-4H3. The van der Waals surface area contributed by atoms with Gasteiger partial charge in [-0.1, -0.05) is 0 Å². The Balaban J connectivity index is 2.65. The summed E-state index contributed by atoms with van der Waals surface area (Å²) in [5.74, 6) is 0.688. The molecule has 1 aromatic carbocycles. The topological polar surface area (TPSA) is 73.6 Å². The van der Waals surface area contributed by atoms with Gasteiger partial charge in [0, 0.05) is 12.1 Å². The number of nitrogens with one attached hydrogen (secondary N) is 1. The third kappa shape index (κ3) is 5.13. The molecule has 0 saturated heterocycles. The Kier molecular flexibility index (Phi) is 5.11. The molecule has 6 heteroatoms. The number of methoxy groups -OCH3 is 1. The number of nitro groups is 1. The van der Waals surface area contributed by atoms with Crippen molar-refractivity contribution in [3.05, 3.63) is 28.3 Å². The summed E-state index contributed by atoms with van der Waals surface area (Å²) in [6.07, 6.45) is 0. The van der Waals surface area contributed by atoms with E-state index in [4.69, 9.17) is 9.47 Å². The fourth-order valence-electron chi connectivity index (χ4n) is 1.48. The molecule has 0 fully saturated rings. The maximum Gasteiger partial charge on any atom is 0.314 e. The van der Waals surface area contributed by atoms with Gasteiger partial charge in [0.15, 0.2) is 5.75 Å². The van der Waals surface area contributed by atoms with Crippen LogP contribution in [0, 0.1) is 10.1 Å². The van der Waals surface area contributed by atoms with Gasteiger partial charge in [-0.3, -0.25) is 10.1 Å². The highest BCUT2D eigenvalue weighted by Gasteiger charge is 2.16. The summed E-state index contributed by atoms with van der Waals surface area (Å²) in [5.41, 5.74) is -0.0926. The molecule has 0 atom stereocenters. The van der Waals surface area contributed by atoms with Crippen molar-refractivity contribution in [1.29, 1.82) is 0 Å². The molecular formula is C13H20N2O4. The predicted octanol–water partition coefficient (Wildman–Crippen LogP) is 2.37. The molecular weight excluding hydrogens is 248 g/mol. The van der Waals surface area contributed by atoms with Crippen molar-refractivity contribution in [1.82, 2.24) is 5.32 Å². The van der Waals surface area contributed by atoms with E-state index in [0.717, 1.165) is 0 Å². The van der Waals surface area contributed by atoms with Crippen molar-refractivity contribution >= 4 is 5.69 Å². The van der Waals surface area contributed by atoms with Crippen molar-refractivity contribution in [2.24, 2.45) is 0 Å². The number of hydrogen-bond acceptors (Lipinski definition) is 5. The molecule has 0 spiro atoms. The minimum absolute atomic E-state index is 0.00476. The summed E-state index contributed by atoms with van der Waals surface area (Å²) in [6, 6.07) is 4.54. The molecule has 0 aliphatic rings. The van der Waals surface area contributed by atoms with Crippen LogP contribution in [0.3, 0.4) is 0 Å². The Bertz CT molecular complexity index is 441.